The Morgan fingerprint density at radius 3 is 1.73 bits per heavy atom. The van der Waals surface area contributed by atoms with E-state index in [2.05, 4.69) is 4.98 Å². The van der Waals surface area contributed by atoms with Gasteiger partial charge in [0.2, 0.25) is 0 Å². The van der Waals surface area contributed by atoms with Gasteiger partial charge in [-0.15, -0.1) is 0 Å². The fourth-order valence-corrected chi connectivity index (χ4v) is 0.710. The molecule has 1 heterocycles. The average Bonchev–Trinajstić information content (AvgIpc) is 2.23. The molecule has 0 atom stereocenters. The molecule has 0 saturated heterocycles. The van der Waals surface area contributed by atoms with Gasteiger partial charge in [0.15, 0.2) is 0 Å². The Balaban J connectivity index is 0. The minimum absolute atomic E-state index is 0.514. The Hall–Kier alpha value is -1.06. The van der Waals surface area contributed by atoms with Crippen LogP contribution in [0.4, 0.5) is 13.2 Å². The normalized spacial score (nSPS) is 9.33. The number of nitrogens with zero attached hydrogens (tertiary/aromatic N) is 1. The van der Waals surface area contributed by atoms with Gasteiger partial charge in [0.05, 0.1) is 5.56 Å². The summed E-state index contributed by atoms with van der Waals surface area (Å²) < 4.78 is 35.8. The Kier molecular flexibility index (Phi) is 9.02. The second kappa shape index (κ2) is 8.26. The molecule has 0 unspecified atom stereocenters. The Morgan fingerprint density at radius 1 is 1.00 bits per heavy atom. The van der Waals surface area contributed by atoms with E-state index in [4.69, 9.17) is 0 Å². The molecule has 1 aromatic heterocycles. The van der Waals surface area contributed by atoms with Crippen LogP contribution in [0, 0.1) is 6.92 Å². The number of hydrogen-bond donors (Lipinski definition) is 0. The maximum Gasteiger partial charge on any atom is 0.417 e. The molecule has 0 aliphatic rings. The van der Waals surface area contributed by atoms with Crippen LogP contribution in [0.1, 0.15) is 38.8 Å². The van der Waals surface area contributed by atoms with E-state index in [0.29, 0.717) is 5.56 Å². The monoisotopic (exact) mass is 221 g/mol. The van der Waals surface area contributed by atoms with Crippen molar-refractivity contribution in [2.24, 2.45) is 0 Å². The predicted octanol–water partition coefficient (Wildman–Crippen LogP) is 4.46. The highest BCUT2D eigenvalue weighted by atomic mass is 19.4. The molecule has 4 heteroatoms. The third kappa shape index (κ3) is 6.94. The van der Waals surface area contributed by atoms with E-state index in [9.17, 15) is 13.2 Å². The number of pyridine rings is 1. The van der Waals surface area contributed by atoms with Gasteiger partial charge in [-0.05, 0) is 18.6 Å². The van der Waals surface area contributed by atoms with E-state index >= 15 is 0 Å². The Morgan fingerprint density at radius 2 is 1.47 bits per heavy atom. The maximum absolute atomic E-state index is 11.9. The Labute approximate surface area is 89.3 Å². The van der Waals surface area contributed by atoms with Crippen LogP contribution >= 0.6 is 0 Å². The van der Waals surface area contributed by atoms with Crippen LogP contribution in [0.3, 0.4) is 0 Å². The minimum Gasteiger partial charge on any atom is -0.264 e. The van der Waals surface area contributed by atoms with E-state index in [0.717, 1.165) is 12.3 Å². The zero-order valence-corrected chi connectivity index (χ0v) is 9.81. The lowest BCUT2D eigenvalue weighted by Gasteiger charge is -2.05. The number of aryl methyl sites for hydroxylation is 1. The van der Waals surface area contributed by atoms with Gasteiger partial charge in [-0.3, -0.25) is 4.98 Å². The number of hydrogen-bond acceptors (Lipinski definition) is 1. The van der Waals surface area contributed by atoms with Gasteiger partial charge in [0, 0.05) is 12.4 Å². The first-order valence-electron chi connectivity index (χ1n) is 4.99. The third-order valence-corrected chi connectivity index (χ3v) is 1.20. The largest absolute Gasteiger partial charge is 0.417 e. The smallest absolute Gasteiger partial charge is 0.264 e. The highest BCUT2D eigenvalue weighted by Gasteiger charge is 2.30. The summed E-state index contributed by atoms with van der Waals surface area (Å²) in [4.78, 5) is 3.43. The zero-order valence-electron chi connectivity index (χ0n) is 9.81. The maximum atomic E-state index is 11.9. The lowest BCUT2D eigenvalue weighted by Crippen LogP contribution is -2.05. The first-order chi connectivity index (χ1) is 7.00. The summed E-state index contributed by atoms with van der Waals surface area (Å²) >= 11 is 0. The van der Waals surface area contributed by atoms with Gasteiger partial charge in [-0.2, -0.15) is 13.2 Å². The van der Waals surface area contributed by atoms with Gasteiger partial charge in [0.25, 0.3) is 0 Å². The number of alkyl halides is 3. The molecular formula is C11H18F3N. The standard InChI is InChI=1S/C7H6F3N.2C2H6/c1-5-2-6(4-11-3-5)7(8,9)10;2*1-2/h2-4H,1H3;2*1-2H3. The fraction of sp³-hybridized carbons (Fsp3) is 0.545. The molecule has 0 aliphatic carbocycles. The molecule has 0 fully saturated rings. The molecule has 0 N–H and O–H groups in total. The number of aromatic nitrogens is 1. The summed E-state index contributed by atoms with van der Waals surface area (Å²) in [5.41, 5.74) is -0.183. The molecule has 1 rings (SSSR count). The number of rotatable bonds is 0. The topological polar surface area (TPSA) is 12.9 Å². The first-order valence-corrected chi connectivity index (χ1v) is 4.99. The van der Waals surface area contributed by atoms with Crippen molar-refractivity contribution in [3.63, 3.8) is 0 Å². The summed E-state index contributed by atoms with van der Waals surface area (Å²) in [6.45, 7) is 9.57. The quantitative estimate of drug-likeness (QED) is 0.630. The van der Waals surface area contributed by atoms with Gasteiger partial charge in [-0.1, -0.05) is 27.7 Å². The zero-order chi connectivity index (χ0) is 12.5. The SMILES string of the molecule is CC.CC.Cc1cncc(C(F)(F)F)c1. The summed E-state index contributed by atoms with van der Waals surface area (Å²) in [6.07, 6.45) is -2.08. The molecule has 1 aromatic rings. The van der Waals surface area contributed by atoms with Crippen molar-refractivity contribution in [2.45, 2.75) is 40.8 Å². The van der Waals surface area contributed by atoms with Gasteiger partial charge in [-0.25, -0.2) is 0 Å². The van der Waals surface area contributed by atoms with Gasteiger partial charge >= 0.3 is 6.18 Å². The number of halogens is 3. The lowest BCUT2D eigenvalue weighted by atomic mass is 10.2. The van der Waals surface area contributed by atoms with Crippen molar-refractivity contribution in [3.8, 4) is 0 Å². The molecule has 0 bridgehead atoms. The van der Waals surface area contributed by atoms with Crippen molar-refractivity contribution >= 4 is 0 Å². The summed E-state index contributed by atoms with van der Waals surface area (Å²) in [5.74, 6) is 0. The molecular weight excluding hydrogens is 203 g/mol. The third-order valence-electron chi connectivity index (χ3n) is 1.20. The van der Waals surface area contributed by atoms with Crippen LogP contribution in [-0.2, 0) is 6.18 Å². The van der Waals surface area contributed by atoms with E-state index in [1.54, 1.807) is 6.92 Å². The van der Waals surface area contributed by atoms with Crippen molar-refractivity contribution in [1.82, 2.24) is 4.98 Å². The first kappa shape index (κ1) is 16.4. The minimum atomic E-state index is -4.28. The van der Waals surface area contributed by atoms with E-state index in [1.165, 1.54) is 6.20 Å². The second-order valence-corrected chi connectivity index (χ2v) is 2.25. The predicted molar refractivity (Wildman–Crippen MR) is 56.7 cm³/mol. The molecule has 1 nitrogen and oxygen atoms in total. The van der Waals surface area contributed by atoms with E-state index < -0.39 is 11.7 Å². The molecule has 0 saturated carbocycles. The van der Waals surface area contributed by atoms with Gasteiger partial charge in [0.1, 0.15) is 0 Å². The van der Waals surface area contributed by atoms with E-state index in [1.807, 2.05) is 27.7 Å². The molecule has 0 radical (unpaired) electrons. The Bertz CT molecular complexity index is 256. The fourth-order valence-electron chi connectivity index (χ4n) is 0.710. The molecule has 0 amide bonds. The van der Waals surface area contributed by atoms with Crippen molar-refractivity contribution in [1.29, 1.82) is 0 Å². The molecule has 0 aromatic carbocycles. The van der Waals surface area contributed by atoms with Crippen molar-refractivity contribution in [3.05, 3.63) is 29.6 Å². The van der Waals surface area contributed by atoms with Crippen LogP contribution in [0.5, 0.6) is 0 Å². The van der Waals surface area contributed by atoms with Crippen LogP contribution < -0.4 is 0 Å². The summed E-state index contributed by atoms with van der Waals surface area (Å²) in [6, 6.07) is 1.06. The highest BCUT2D eigenvalue weighted by Crippen LogP contribution is 2.28. The molecule has 0 spiro atoms. The lowest BCUT2D eigenvalue weighted by molar-refractivity contribution is -0.137. The second-order valence-electron chi connectivity index (χ2n) is 2.25. The van der Waals surface area contributed by atoms with E-state index in [-0.39, 0.29) is 0 Å². The molecule has 88 valence electrons. The van der Waals surface area contributed by atoms with Crippen LogP contribution in [0.15, 0.2) is 18.5 Å². The van der Waals surface area contributed by atoms with Crippen LogP contribution in [0.2, 0.25) is 0 Å². The van der Waals surface area contributed by atoms with Crippen LogP contribution in [0.25, 0.3) is 0 Å². The summed E-state index contributed by atoms with van der Waals surface area (Å²) in [7, 11) is 0. The summed E-state index contributed by atoms with van der Waals surface area (Å²) in [5, 5.41) is 0. The highest BCUT2D eigenvalue weighted by molar-refractivity contribution is 5.18. The average molecular weight is 221 g/mol. The van der Waals surface area contributed by atoms with Crippen molar-refractivity contribution in [2.75, 3.05) is 0 Å². The van der Waals surface area contributed by atoms with Crippen LogP contribution in [-0.4, -0.2) is 4.98 Å². The molecule has 0 aliphatic heterocycles. The van der Waals surface area contributed by atoms with Gasteiger partial charge < -0.3 is 0 Å². The van der Waals surface area contributed by atoms with Crippen molar-refractivity contribution < 1.29 is 13.2 Å². The molecule has 15 heavy (non-hydrogen) atoms.